The van der Waals surface area contributed by atoms with Crippen molar-refractivity contribution < 1.29 is 19.1 Å². The molecule has 146 valence electrons. The molecule has 0 unspecified atom stereocenters. The Balaban J connectivity index is 2.59. The van der Waals surface area contributed by atoms with Gasteiger partial charge in [-0.3, -0.25) is 14.4 Å². The topological polar surface area (TPSA) is 60.4 Å². The molecule has 4 heteroatoms. The number of carbonyl (C=O) groups excluding carboxylic acids is 3. The largest absolute Gasteiger partial charge is 0.459 e. The van der Waals surface area contributed by atoms with Crippen LogP contribution < -0.4 is 0 Å². The van der Waals surface area contributed by atoms with Crippen LogP contribution in [0.25, 0.3) is 0 Å². The van der Waals surface area contributed by atoms with Gasteiger partial charge in [-0.15, -0.1) is 0 Å². The summed E-state index contributed by atoms with van der Waals surface area (Å²) >= 11 is 0. The highest BCUT2D eigenvalue weighted by Gasteiger charge is 2.55. The number of rotatable bonds is 7. The van der Waals surface area contributed by atoms with Gasteiger partial charge in [-0.25, -0.2) is 0 Å². The van der Waals surface area contributed by atoms with E-state index in [4.69, 9.17) is 4.74 Å². The maximum absolute atomic E-state index is 13.4. The van der Waals surface area contributed by atoms with Gasteiger partial charge in [0.2, 0.25) is 0 Å². The van der Waals surface area contributed by atoms with Crippen LogP contribution in [0, 0.1) is 5.41 Å². The lowest BCUT2D eigenvalue weighted by Gasteiger charge is -2.32. The molecule has 0 saturated heterocycles. The minimum Gasteiger partial charge on any atom is -0.459 e. The van der Waals surface area contributed by atoms with Crippen LogP contribution in [-0.4, -0.2) is 23.1 Å². The van der Waals surface area contributed by atoms with Gasteiger partial charge in [-0.1, -0.05) is 50.1 Å². The van der Waals surface area contributed by atoms with Crippen molar-refractivity contribution in [2.24, 2.45) is 5.41 Å². The first-order chi connectivity index (χ1) is 12.6. The average Bonchev–Trinajstić information content (AvgIpc) is 2.87. The van der Waals surface area contributed by atoms with Crippen molar-refractivity contribution in [3.8, 4) is 0 Å². The van der Waals surface area contributed by atoms with E-state index in [0.717, 1.165) is 24.8 Å². The molecule has 1 atom stereocenters. The standard InChI is InChI=1S/C23H30O4/c1-6-7-8-12-18(14-16(2)24)23(21(26)27-22(3,4)5)15-17-11-9-10-13-19(17)20(23)25/h9-13H,6-8,14-15H2,1-5H3/b18-12+/t23-/m0/s1. The van der Waals surface area contributed by atoms with Crippen molar-refractivity contribution in [2.45, 2.75) is 72.3 Å². The predicted octanol–water partition coefficient (Wildman–Crippen LogP) is 4.85. The van der Waals surface area contributed by atoms with E-state index >= 15 is 0 Å². The Morgan fingerprint density at radius 2 is 1.89 bits per heavy atom. The number of hydrogen-bond donors (Lipinski definition) is 0. The Kier molecular flexibility index (Phi) is 6.40. The van der Waals surface area contributed by atoms with Crippen LogP contribution in [0.2, 0.25) is 0 Å². The smallest absolute Gasteiger partial charge is 0.325 e. The number of unbranched alkanes of at least 4 members (excludes halogenated alkanes) is 2. The lowest BCUT2D eigenvalue weighted by atomic mass is 9.73. The van der Waals surface area contributed by atoms with Gasteiger partial charge in [0.1, 0.15) is 11.4 Å². The molecule has 0 radical (unpaired) electrons. The second kappa shape index (κ2) is 8.20. The summed E-state index contributed by atoms with van der Waals surface area (Å²) in [6.07, 6.45) is 4.92. The third kappa shape index (κ3) is 4.55. The number of carbonyl (C=O) groups is 3. The summed E-state index contributed by atoms with van der Waals surface area (Å²) < 4.78 is 5.68. The Morgan fingerprint density at radius 1 is 1.22 bits per heavy atom. The number of ether oxygens (including phenoxy) is 1. The van der Waals surface area contributed by atoms with Gasteiger partial charge in [-0.05, 0) is 45.3 Å². The highest BCUT2D eigenvalue weighted by Crippen LogP contribution is 2.45. The van der Waals surface area contributed by atoms with Gasteiger partial charge in [-0.2, -0.15) is 0 Å². The van der Waals surface area contributed by atoms with E-state index in [1.165, 1.54) is 6.92 Å². The zero-order chi connectivity index (χ0) is 20.2. The fourth-order valence-corrected chi connectivity index (χ4v) is 3.56. The molecular weight excluding hydrogens is 340 g/mol. The Hall–Kier alpha value is -2.23. The van der Waals surface area contributed by atoms with Crippen LogP contribution in [0.3, 0.4) is 0 Å². The van der Waals surface area contributed by atoms with E-state index in [9.17, 15) is 14.4 Å². The van der Waals surface area contributed by atoms with E-state index in [0.29, 0.717) is 11.1 Å². The second-order valence-corrected chi connectivity index (χ2v) is 8.32. The summed E-state index contributed by atoms with van der Waals surface area (Å²) in [7, 11) is 0. The SMILES string of the molecule is CCCC/C=C(\CC(C)=O)[C@@]1(C(=O)OC(C)(C)C)Cc2ccccc2C1=O. The monoisotopic (exact) mass is 370 g/mol. The number of fused-ring (bicyclic) bond motifs is 1. The molecule has 1 aliphatic rings. The number of esters is 1. The highest BCUT2D eigenvalue weighted by atomic mass is 16.6. The first-order valence-electron chi connectivity index (χ1n) is 9.67. The number of benzene rings is 1. The fourth-order valence-electron chi connectivity index (χ4n) is 3.56. The van der Waals surface area contributed by atoms with Crippen LogP contribution >= 0.6 is 0 Å². The highest BCUT2D eigenvalue weighted by molar-refractivity contribution is 6.19. The molecule has 2 rings (SSSR count). The van der Waals surface area contributed by atoms with Crippen LogP contribution in [0.1, 0.15) is 76.2 Å². The normalized spacial score (nSPS) is 19.7. The first-order valence-corrected chi connectivity index (χ1v) is 9.67. The molecule has 0 bridgehead atoms. The molecule has 0 N–H and O–H groups in total. The second-order valence-electron chi connectivity index (χ2n) is 8.32. The number of ketones is 2. The van der Waals surface area contributed by atoms with Gasteiger partial charge < -0.3 is 4.74 Å². The first kappa shape index (κ1) is 21.1. The van der Waals surface area contributed by atoms with E-state index in [1.54, 1.807) is 32.9 Å². The van der Waals surface area contributed by atoms with Crippen LogP contribution in [0.5, 0.6) is 0 Å². The maximum atomic E-state index is 13.4. The molecule has 0 fully saturated rings. The Labute approximate surface area is 162 Å². The Bertz CT molecular complexity index is 767. The van der Waals surface area contributed by atoms with Crippen molar-refractivity contribution in [3.05, 3.63) is 47.0 Å². The van der Waals surface area contributed by atoms with E-state index in [1.807, 2.05) is 18.2 Å². The summed E-state index contributed by atoms with van der Waals surface area (Å²) in [6.45, 7) is 8.94. The zero-order valence-corrected chi connectivity index (χ0v) is 17.1. The van der Waals surface area contributed by atoms with Gasteiger partial charge in [0, 0.05) is 18.4 Å². The van der Waals surface area contributed by atoms with Crippen molar-refractivity contribution in [1.29, 1.82) is 0 Å². The molecule has 1 aromatic rings. The minimum absolute atomic E-state index is 0.0653. The lowest BCUT2D eigenvalue weighted by Crippen LogP contribution is -2.44. The average molecular weight is 370 g/mol. The number of Topliss-reactive ketones (excluding diaryl/α,β-unsaturated/α-hetero) is 2. The van der Waals surface area contributed by atoms with Gasteiger partial charge in [0.25, 0.3) is 0 Å². The third-order valence-corrected chi connectivity index (χ3v) is 4.79. The summed E-state index contributed by atoms with van der Waals surface area (Å²) in [5, 5.41) is 0. The molecule has 0 aliphatic heterocycles. The maximum Gasteiger partial charge on any atom is 0.325 e. The van der Waals surface area contributed by atoms with Crippen LogP contribution in [0.15, 0.2) is 35.9 Å². The lowest BCUT2D eigenvalue weighted by molar-refractivity contribution is -0.162. The van der Waals surface area contributed by atoms with E-state index < -0.39 is 17.0 Å². The fraction of sp³-hybridized carbons (Fsp3) is 0.522. The van der Waals surface area contributed by atoms with Crippen LogP contribution in [-0.2, 0) is 20.7 Å². The van der Waals surface area contributed by atoms with Crippen LogP contribution in [0.4, 0.5) is 0 Å². The van der Waals surface area contributed by atoms with Crippen molar-refractivity contribution in [1.82, 2.24) is 0 Å². The van der Waals surface area contributed by atoms with E-state index in [-0.39, 0.29) is 24.4 Å². The minimum atomic E-state index is -1.43. The van der Waals surface area contributed by atoms with Crippen molar-refractivity contribution >= 4 is 17.5 Å². The molecule has 1 aliphatic carbocycles. The zero-order valence-electron chi connectivity index (χ0n) is 17.1. The predicted molar refractivity (Wildman–Crippen MR) is 106 cm³/mol. The van der Waals surface area contributed by atoms with Gasteiger partial charge in [0.15, 0.2) is 11.2 Å². The van der Waals surface area contributed by atoms with Crippen molar-refractivity contribution in [2.75, 3.05) is 0 Å². The quantitative estimate of drug-likeness (QED) is 0.298. The molecule has 0 amide bonds. The molecular formula is C23H30O4. The van der Waals surface area contributed by atoms with Crippen molar-refractivity contribution in [3.63, 3.8) is 0 Å². The molecule has 1 aromatic carbocycles. The molecule has 0 saturated carbocycles. The van der Waals surface area contributed by atoms with Gasteiger partial charge in [0.05, 0.1) is 0 Å². The number of hydrogen-bond acceptors (Lipinski definition) is 4. The molecule has 4 nitrogen and oxygen atoms in total. The summed E-state index contributed by atoms with van der Waals surface area (Å²) in [5.41, 5.74) is -0.189. The molecule has 0 heterocycles. The molecule has 0 spiro atoms. The summed E-state index contributed by atoms with van der Waals surface area (Å²) in [6, 6.07) is 7.29. The Morgan fingerprint density at radius 3 is 2.44 bits per heavy atom. The number of allylic oxidation sites excluding steroid dienone is 1. The third-order valence-electron chi connectivity index (χ3n) is 4.79. The van der Waals surface area contributed by atoms with E-state index in [2.05, 4.69) is 6.92 Å². The summed E-state index contributed by atoms with van der Waals surface area (Å²) in [5.74, 6) is -0.874. The summed E-state index contributed by atoms with van der Waals surface area (Å²) in [4.78, 5) is 38.7. The molecule has 27 heavy (non-hydrogen) atoms. The molecule has 0 aromatic heterocycles. The van der Waals surface area contributed by atoms with Gasteiger partial charge >= 0.3 is 5.97 Å².